The number of allylic oxidation sites excluding steroid dienone is 3. The lowest BCUT2D eigenvalue weighted by atomic mass is 9.45. The molecule has 0 radical (unpaired) electrons. The van der Waals surface area contributed by atoms with Crippen molar-refractivity contribution >= 4 is 0 Å². The average molecular weight is 429 g/mol. The van der Waals surface area contributed by atoms with E-state index in [1.54, 1.807) is 0 Å². The van der Waals surface area contributed by atoms with Crippen molar-refractivity contribution in [3.8, 4) is 0 Å². The largest absolute Gasteiger partial charge is 0.390 e. The summed E-state index contributed by atoms with van der Waals surface area (Å²) < 4.78 is 0. The van der Waals surface area contributed by atoms with Crippen LogP contribution in [-0.2, 0) is 0 Å². The Morgan fingerprint density at radius 2 is 1.65 bits per heavy atom. The quantitative estimate of drug-likeness (QED) is 0.419. The number of rotatable bonds is 6. The van der Waals surface area contributed by atoms with E-state index in [0.717, 1.165) is 25.2 Å². The monoisotopic (exact) mass is 428 g/mol. The second-order valence-corrected chi connectivity index (χ2v) is 13.6. The van der Waals surface area contributed by atoms with Crippen LogP contribution >= 0.6 is 0 Å². The predicted octanol–water partition coefficient (Wildman–Crippen LogP) is 8.87. The Morgan fingerprint density at radius 3 is 2.32 bits per heavy atom. The number of aliphatic hydroxyl groups is 1. The summed E-state index contributed by atoms with van der Waals surface area (Å²) in [5, 5.41) is 11.4. The molecular formula is C30H52O. The molecule has 1 N–H and O–H groups in total. The van der Waals surface area contributed by atoms with Crippen LogP contribution < -0.4 is 0 Å². The second kappa shape index (κ2) is 9.00. The smallest absolute Gasteiger partial charge is 0.0653 e. The van der Waals surface area contributed by atoms with Crippen LogP contribution in [-0.4, -0.2) is 10.7 Å². The summed E-state index contributed by atoms with van der Waals surface area (Å²) in [5.74, 6) is 1.84. The van der Waals surface area contributed by atoms with Gasteiger partial charge < -0.3 is 5.11 Å². The molecule has 0 aliphatic heterocycles. The van der Waals surface area contributed by atoms with E-state index in [9.17, 15) is 5.11 Å². The lowest BCUT2D eigenvalue weighted by molar-refractivity contribution is -0.168. The van der Waals surface area contributed by atoms with Gasteiger partial charge in [-0.05, 0) is 118 Å². The van der Waals surface area contributed by atoms with E-state index in [1.165, 1.54) is 68.9 Å². The molecule has 0 spiro atoms. The molecule has 3 aliphatic carbocycles. The third-order valence-corrected chi connectivity index (χ3v) is 10.3. The Balaban J connectivity index is 1.62. The molecule has 3 rings (SSSR count). The first-order valence-corrected chi connectivity index (χ1v) is 13.4. The van der Waals surface area contributed by atoms with Gasteiger partial charge in [-0.3, -0.25) is 0 Å². The van der Waals surface area contributed by atoms with E-state index >= 15 is 0 Å². The van der Waals surface area contributed by atoms with Gasteiger partial charge in [0.2, 0.25) is 0 Å². The van der Waals surface area contributed by atoms with Crippen LogP contribution in [0.1, 0.15) is 126 Å². The Labute approximate surface area is 194 Å². The molecule has 5 atom stereocenters. The lowest BCUT2D eigenvalue weighted by Gasteiger charge is -2.61. The fourth-order valence-corrected chi connectivity index (χ4v) is 8.50. The van der Waals surface area contributed by atoms with Gasteiger partial charge in [0, 0.05) is 0 Å². The molecule has 3 fully saturated rings. The summed E-state index contributed by atoms with van der Waals surface area (Å²) in [6.45, 7) is 21.2. The van der Waals surface area contributed by atoms with Gasteiger partial charge in [0.15, 0.2) is 0 Å². The van der Waals surface area contributed by atoms with Gasteiger partial charge in [0.05, 0.1) is 5.60 Å². The summed E-state index contributed by atoms with van der Waals surface area (Å²) in [5.41, 5.74) is 3.63. The fraction of sp³-hybridized carbons (Fsp3) is 0.867. The van der Waals surface area contributed by atoms with Crippen LogP contribution in [0.25, 0.3) is 0 Å². The first-order chi connectivity index (χ1) is 14.3. The van der Waals surface area contributed by atoms with E-state index in [-0.39, 0.29) is 5.41 Å². The van der Waals surface area contributed by atoms with Crippen molar-refractivity contribution in [2.24, 2.45) is 34.0 Å². The van der Waals surface area contributed by atoms with Crippen LogP contribution in [0, 0.1) is 34.0 Å². The highest BCUT2D eigenvalue weighted by Gasteiger charge is 2.57. The zero-order valence-electron chi connectivity index (χ0n) is 21.9. The minimum absolute atomic E-state index is 0.287. The summed E-state index contributed by atoms with van der Waals surface area (Å²) in [6, 6.07) is 0. The van der Waals surface area contributed by atoms with Crippen LogP contribution in [0.2, 0.25) is 0 Å². The van der Waals surface area contributed by atoms with Crippen molar-refractivity contribution in [1.82, 2.24) is 0 Å². The van der Waals surface area contributed by atoms with E-state index in [4.69, 9.17) is 0 Å². The van der Waals surface area contributed by atoms with Gasteiger partial charge in [-0.1, -0.05) is 64.8 Å². The zero-order valence-corrected chi connectivity index (χ0v) is 21.9. The highest BCUT2D eigenvalue weighted by atomic mass is 16.3. The molecule has 0 aromatic heterocycles. The number of hydrogen-bond acceptors (Lipinski definition) is 1. The molecule has 0 aromatic carbocycles. The summed E-state index contributed by atoms with van der Waals surface area (Å²) in [7, 11) is 0. The van der Waals surface area contributed by atoms with Crippen molar-refractivity contribution in [2.45, 2.75) is 131 Å². The van der Waals surface area contributed by atoms with E-state index in [1.807, 2.05) is 0 Å². The molecule has 0 aromatic rings. The number of hydrogen-bond donors (Lipinski definition) is 1. The van der Waals surface area contributed by atoms with Crippen LogP contribution in [0.3, 0.4) is 0 Å². The van der Waals surface area contributed by atoms with Crippen molar-refractivity contribution in [2.75, 3.05) is 0 Å². The molecule has 1 heteroatoms. The minimum atomic E-state index is -0.510. The Morgan fingerprint density at radius 1 is 0.968 bits per heavy atom. The van der Waals surface area contributed by atoms with E-state index in [2.05, 4.69) is 61.1 Å². The first-order valence-electron chi connectivity index (χ1n) is 13.4. The van der Waals surface area contributed by atoms with Crippen LogP contribution in [0.4, 0.5) is 0 Å². The highest BCUT2D eigenvalue weighted by molar-refractivity contribution is 5.12. The molecule has 3 aliphatic rings. The van der Waals surface area contributed by atoms with E-state index < -0.39 is 5.60 Å². The lowest BCUT2D eigenvalue weighted by Crippen LogP contribution is -2.57. The fourth-order valence-electron chi connectivity index (χ4n) is 8.50. The average Bonchev–Trinajstić information content (AvgIpc) is 2.62. The van der Waals surface area contributed by atoms with Gasteiger partial charge in [0.1, 0.15) is 0 Å². The maximum atomic E-state index is 11.4. The topological polar surface area (TPSA) is 20.2 Å². The SMILES string of the molecule is C=C1CCCC(C)(C)[C@@H]1CC/C(C)=C/CC[C@H]1[C@]2(C)CCCC(C)(C)[C@@H]2CC[C@@]1(C)O. The number of fused-ring (bicyclic) bond motifs is 1. The van der Waals surface area contributed by atoms with Crippen LogP contribution in [0.15, 0.2) is 23.8 Å². The standard InChI is InChI=1S/C30H52O/c1-22(15-16-24-23(2)13-10-18-27(24,3)4)12-9-14-26-29(7)20-11-19-28(5,6)25(29)17-21-30(26,8)31/h12,24-26,31H,2,9-11,13-21H2,1,3-8H3/b22-12+/t24-,25+,26+,29-,30-/m1/s1. The van der Waals surface area contributed by atoms with E-state index in [0.29, 0.717) is 22.7 Å². The third-order valence-electron chi connectivity index (χ3n) is 10.3. The molecule has 0 saturated heterocycles. The van der Waals surface area contributed by atoms with Gasteiger partial charge in [-0.2, -0.15) is 0 Å². The molecule has 178 valence electrons. The van der Waals surface area contributed by atoms with Crippen molar-refractivity contribution in [3.63, 3.8) is 0 Å². The Kier molecular flexibility index (Phi) is 7.28. The summed E-state index contributed by atoms with van der Waals surface area (Å²) >= 11 is 0. The Hall–Kier alpha value is -0.560. The third kappa shape index (κ3) is 5.18. The molecule has 0 bridgehead atoms. The second-order valence-electron chi connectivity index (χ2n) is 13.6. The van der Waals surface area contributed by atoms with Gasteiger partial charge in [0.25, 0.3) is 0 Å². The zero-order chi connectivity index (χ0) is 23.1. The molecule has 31 heavy (non-hydrogen) atoms. The molecule has 0 amide bonds. The molecular weight excluding hydrogens is 376 g/mol. The minimum Gasteiger partial charge on any atom is -0.390 e. The molecule has 1 nitrogen and oxygen atoms in total. The maximum absolute atomic E-state index is 11.4. The first kappa shape index (κ1) is 25.1. The molecule has 0 heterocycles. The Bertz CT molecular complexity index is 679. The van der Waals surface area contributed by atoms with Gasteiger partial charge >= 0.3 is 0 Å². The van der Waals surface area contributed by atoms with Gasteiger partial charge in [-0.25, -0.2) is 0 Å². The maximum Gasteiger partial charge on any atom is 0.0653 e. The summed E-state index contributed by atoms with van der Waals surface area (Å²) in [4.78, 5) is 0. The van der Waals surface area contributed by atoms with Gasteiger partial charge in [-0.15, -0.1) is 0 Å². The van der Waals surface area contributed by atoms with Crippen molar-refractivity contribution in [3.05, 3.63) is 23.8 Å². The molecule has 3 saturated carbocycles. The van der Waals surface area contributed by atoms with Crippen LogP contribution in [0.5, 0.6) is 0 Å². The van der Waals surface area contributed by atoms with Crippen molar-refractivity contribution < 1.29 is 5.11 Å². The predicted molar refractivity (Wildman–Crippen MR) is 135 cm³/mol. The summed E-state index contributed by atoms with van der Waals surface area (Å²) in [6.07, 6.45) is 17.2. The highest BCUT2D eigenvalue weighted by Crippen LogP contribution is 2.62. The molecule has 0 unspecified atom stereocenters. The van der Waals surface area contributed by atoms with Crippen molar-refractivity contribution in [1.29, 1.82) is 0 Å². The normalized spacial score (nSPS) is 40.5.